The number of anilines is 1. The quantitative estimate of drug-likeness (QED) is 0.768. The van der Waals surface area contributed by atoms with Gasteiger partial charge < -0.3 is 4.90 Å². The van der Waals surface area contributed by atoms with Crippen molar-refractivity contribution in [2.45, 2.75) is 45.4 Å². The highest BCUT2D eigenvalue weighted by Gasteiger charge is 2.39. The molecule has 1 spiro atoms. The van der Waals surface area contributed by atoms with E-state index < -0.39 is 0 Å². The van der Waals surface area contributed by atoms with Gasteiger partial charge in [-0.3, -0.25) is 0 Å². The molecule has 1 aromatic heterocycles. The van der Waals surface area contributed by atoms with Gasteiger partial charge in [0.05, 0.1) is 5.69 Å². The van der Waals surface area contributed by atoms with E-state index in [0.29, 0.717) is 5.41 Å². The summed E-state index contributed by atoms with van der Waals surface area (Å²) in [6.45, 7) is 4.48. The van der Waals surface area contributed by atoms with Crippen LogP contribution in [0.2, 0.25) is 0 Å². The standard InChI is InChI=1S/C15H21BrN2/c1-12-13(16)5-6-14(17-12)18-10-9-15(11-18)7-3-2-4-8-15/h5-6H,2-4,7-11H2,1H3. The SMILES string of the molecule is Cc1nc(N2CCC3(CCCCC3)C2)ccc1Br. The van der Waals surface area contributed by atoms with Crippen LogP contribution in [-0.4, -0.2) is 18.1 Å². The Morgan fingerprint density at radius 3 is 2.67 bits per heavy atom. The zero-order chi connectivity index (χ0) is 12.6. The molecular formula is C15H21BrN2. The van der Waals surface area contributed by atoms with E-state index in [1.165, 1.54) is 51.6 Å². The second kappa shape index (κ2) is 4.84. The Morgan fingerprint density at radius 1 is 1.17 bits per heavy atom. The predicted octanol–water partition coefficient (Wildman–Crippen LogP) is 4.31. The molecule has 2 nitrogen and oxygen atoms in total. The van der Waals surface area contributed by atoms with Crippen molar-refractivity contribution in [3.05, 3.63) is 22.3 Å². The van der Waals surface area contributed by atoms with Crippen LogP contribution in [0, 0.1) is 12.3 Å². The van der Waals surface area contributed by atoms with Crippen LogP contribution in [0.3, 0.4) is 0 Å². The van der Waals surface area contributed by atoms with E-state index >= 15 is 0 Å². The number of halogens is 1. The van der Waals surface area contributed by atoms with E-state index in [1.54, 1.807) is 0 Å². The first-order valence-corrected chi connectivity index (χ1v) is 7.86. The normalized spacial score (nSPS) is 22.7. The number of aromatic nitrogens is 1. The molecule has 0 unspecified atom stereocenters. The molecule has 98 valence electrons. The fourth-order valence-corrected chi connectivity index (χ4v) is 3.77. The van der Waals surface area contributed by atoms with Crippen molar-refractivity contribution in [3.8, 4) is 0 Å². The highest BCUT2D eigenvalue weighted by atomic mass is 79.9. The number of pyridine rings is 1. The first-order valence-electron chi connectivity index (χ1n) is 7.07. The molecule has 3 heteroatoms. The predicted molar refractivity (Wildman–Crippen MR) is 79.0 cm³/mol. The molecule has 2 aliphatic rings. The summed E-state index contributed by atoms with van der Waals surface area (Å²) in [7, 11) is 0. The summed E-state index contributed by atoms with van der Waals surface area (Å²) in [5, 5.41) is 0. The van der Waals surface area contributed by atoms with Crippen molar-refractivity contribution < 1.29 is 0 Å². The van der Waals surface area contributed by atoms with E-state index in [9.17, 15) is 0 Å². The zero-order valence-corrected chi connectivity index (χ0v) is 12.7. The second-order valence-corrected chi connectivity index (χ2v) is 6.82. The summed E-state index contributed by atoms with van der Waals surface area (Å²) >= 11 is 3.53. The summed E-state index contributed by atoms with van der Waals surface area (Å²) in [5.74, 6) is 1.16. The molecule has 1 saturated carbocycles. The van der Waals surface area contributed by atoms with Gasteiger partial charge in [-0.05, 0) is 59.7 Å². The van der Waals surface area contributed by atoms with E-state index in [-0.39, 0.29) is 0 Å². The zero-order valence-electron chi connectivity index (χ0n) is 11.1. The van der Waals surface area contributed by atoms with Gasteiger partial charge in [-0.1, -0.05) is 19.3 Å². The molecule has 1 aromatic rings. The lowest BCUT2D eigenvalue weighted by molar-refractivity contribution is 0.219. The Hall–Kier alpha value is -0.570. The third kappa shape index (κ3) is 2.29. The van der Waals surface area contributed by atoms with Gasteiger partial charge in [0.15, 0.2) is 0 Å². The minimum atomic E-state index is 0.612. The van der Waals surface area contributed by atoms with Gasteiger partial charge >= 0.3 is 0 Å². The molecule has 0 aromatic carbocycles. The van der Waals surface area contributed by atoms with Gasteiger partial charge in [0.1, 0.15) is 5.82 Å². The summed E-state index contributed by atoms with van der Waals surface area (Å²) in [6, 6.07) is 4.28. The van der Waals surface area contributed by atoms with Crippen LogP contribution in [0.4, 0.5) is 5.82 Å². The third-order valence-electron chi connectivity index (χ3n) is 4.68. The fraction of sp³-hybridized carbons (Fsp3) is 0.667. The van der Waals surface area contributed by atoms with E-state index in [0.717, 1.165) is 16.0 Å². The maximum atomic E-state index is 4.71. The maximum absolute atomic E-state index is 4.71. The number of aryl methyl sites for hydroxylation is 1. The molecule has 0 bridgehead atoms. The highest BCUT2D eigenvalue weighted by Crippen LogP contribution is 2.44. The van der Waals surface area contributed by atoms with Gasteiger partial charge in [0.2, 0.25) is 0 Å². The van der Waals surface area contributed by atoms with Crippen molar-refractivity contribution in [1.29, 1.82) is 0 Å². The molecule has 0 amide bonds. The number of rotatable bonds is 1. The van der Waals surface area contributed by atoms with Gasteiger partial charge in [0.25, 0.3) is 0 Å². The summed E-state index contributed by atoms with van der Waals surface area (Å²) in [4.78, 5) is 7.20. The van der Waals surface area contributed by atoms with Crippen LogP contribution >= 0.6 is 15.9 Å². The van der Waals surface area contributed by atoms with Gasteiger partial charge in [-0.25, -0.2) is 4.98 Å². The molecule has 18 heavy (non-hydrogen) atoms. The molecule has 1 saturated heterocycles. The first kappa shape index (κ1) is 12.5. The molecule has 2 fully saturated rings. The van der Waals surface area contributed by atoms with Crippen LogP contribution in [-0.2, 0) is 0 Å². The van der Waals surface area contributed by atoms with Crippen LogP contribution < -0.4 is 4.90 Å². The summed E-state index contributed by atoms with van der Waals surface area (Å²) in [6.07, 6.45) is 8.53. The van der Waals surface area contributed by atoms with Crippen LogP contribution in [0.15, 0.2) is 16.6 Å². The lowest BCUT2D eigenvalue weighted by Gasteiger charge is -2.33. The first-order chi connectivity index (χ1) is 8.69. The average Bonchev–Trinajstić information content (AvgIpc) is 2.78. The maximum Gasteiger partial charge on any atom is 0.128 e. The summed E-state index contributed by atoms with van der Waals surface area (Å²) in [5.41, 5.74) is 1.71. The van der Waals surface area contributed by atoms with Crippen molar-refractivity contribution >= 4 is 21.7 Å². The Bertz CT molecular complexity index is 438. The van der Waals surface area contributed by atoms with Gasteiger partial charge in [-0.2, -0.15) is 0 Å². The van der Waals surface area contributed by atoms with Crippen LogP contribution in [0.25, 0.3) is 0 Å². The third-order valence-corrected chi connectivity index (χ3v) is 5.52. The summed E-state index contributed by atoms with van der Waals surface area (Å²) < 4.78 is 1.11. The number of nitrogens with zero attached hydrogens (tertiary/aromatic N) is 2. The van der Waals surface area contributed by atoms with Crippen LogP contribution in [0.1, 0.15) is 44.2 Å². The van der Waals surface area contributed by atoms with E-state index in [4.69, 9.17) is 4.98 Å². The highest BCUT2D eigenvalue weighted by molar-refractivity contribution is 9.10. The molecule has 0 N–H and O–H groups in total. The molecule has 2 heterocycles. The Morgan fingerprint density at radius 2 is 1.94 bits per heavy atom. The molecule has 0 radical (unpaired) electrons. The molecule has 3 rings (SSSR count). The molecule has 1 aliphatic carbocycles. The topological polar surface area (TPSA) is 16.1 Å². The van der Waals surface area contributed by atoms with E-state index in [1.807, 2.05) is 0 Å². The van der Waals surface area contributed by atoms with Crippen LogP contribution in [0.5, 0.6) is 0 Å². The van der Waals surface area contributed by atoms with Crippen molar-refractivity contribution in [2.24, 2.45) is 5.41 Å². The number of hydrogen-bond donors (Lipinski definition) is 0. The average molecular weight is 309 g/mol. The Kier molecular flexibility index (Phi) is 3.35. The van der Waals surface area contributed by atoms with Crippen molar-refractivity contribution in [3.63, 3.8) is 0 Å². The smallest absolute Gasteiger partial charge is 0.128 e. The Labute approximate surface area is 118 Å². The van der Waals surface area contributed by atoms with Gasteiger partial charge in [0, 0.05) is 17.6 Å². The Balaban J connectivity index is 1.76. The molecular weight excluding hydrogens is 288 g/mol. The fourth-order valence-electron chi connectivity index (χ4n) is 3.55. The monoisotopic (exact) mass is 308 g/mol. The largest absolute Gasteiger partial charge is 0.356 e. The lowest BCUT2D eigenvalue weighted by Crippen LogP contribution is -2.29. The minimum absolute atomic E-state index is 0.612. The van der Waals surface area contributed by atoms with E-state index in [2.05, 4.69) is 39.9 Å². The number of hydrogen-bond acceptors (Lipinski definition) is 2. The molecule has 0 atom stereocenters. The van der Waals surface area contributed by atoms with Gasteiger partial charge in [-0.15, -0.1) is 0 Å². The van der Waals surface area contributed by atoms with Crippen molar-refractivity contribution in [1.82, 2.24) is 4.98 Å². The lowest BCUT2D eigenvalue weighted by atomic mass is 9.73. The van der Waals surface area contributed by atoms with Crippen molar-refractivity contribution in [2.75, 3.05) is 18.0 Å². The second-order valence-electron chi connectivity index (χ2n) is 5.97. The minimum Gasteiger partial charge on any atom is -0.356 e. The molecule has 1 aliphatic heterocycles.